The highest BCUT2D eigenvalue weighted by Crippen LogP contribution is 2.17. The maximum absolute atomic E-state index is 12.2. The monoisotopic (exact) mass is 360 g/mol. The molecule has 2 rings (SSSR count). The average Bonchev–Trinajstić information content (AvgIpc) is 2.61. The molecule has 0 saturated heterocycles. The molecule has 7 heteroatoms. The zero-order valence-corrected chi connectivity index (χ0v) is 14.5. The topological polar surface area (TPSA) is 75.7 Å². The van der Waals surface area contributed by atoms with Gasteiger partial charge in [0.15, 0.2) is 0 Å². The number of carbonyl (C=O) groups excluding carboxylic acids is 3. The number of amides is 2. The molecule has 0 spiro atoms. The van der Waals surface area contributed by atoms with E-state index in [4.69, 9.17) is 11.6 Å². The third-order valence-corrected chi connectivity index (χ3v) is 3.66. The molecule has 0 radical (unpaired) electrons. The molecule has 2 aromatic carbocycles. The molecule has 6 nitrogen and oxygen atoms in total. The fourth-order valence-electron chi connectivity index (χ4n) is 2.16. The summed E-state index contributed by atoms with van der Waals surface area (Å²) >= 11 is 5.80. The minimum absolute atomic E-state index is 0.157. The van der Waals surface area contributed by atoms with Crippen LogP contribution in [0.2, 0.25) is 5.02 Å². The van der Waals surface area contributed by atoms with E-state index in [1.54, 1.807) is 36.4 Å². The second-order valence-corrected chi connectivity index (χ2v) is 5.64. The average molecular weight is 361 g/mol. The summed E-state index contributed by atoms with van der Waals surface area (Å²) in [6.07, 6.45) is 0. The van der Waals surface area contributed by atoms with Gasteiger partial charge in [-0.3, -0.25) is 9.59 Å². The summed E-state index contributed by atoms with van der Waals surface area (Å²) in [5.41, 5.74) is 1.45. The summed E-state index contributed by atoms with van der Waals surface area (Å²) in [6.45, 7) is 1.21. The zero-order chi connectivity index (χ0) is 18.4. The van der Waals surface area contributed by atoms with E-state index in [9.17, 15) is 14.4 Å². The molecule has 0 aliphatic rings. The van der Waals surface area contributed by atoms with E-state index in [2.05, 4.69) is 10.1 Å². The predicted octanol–water partition coefficient (Wildman–Crippen LogP) is 3.12. The molecule has 0 unspecified atom stereocenters. The lowest BCUT2D eigenvalue weighted by atomic mass is 10.2. The Morgan fingerprint density at radius 1 is 1.04 bits per heavy atom. The number of benzene rings is 2. The molecule has 0 fully saturated rings. The van der Waals surface area contributed by atoms with Crippen molar-refractivity contribution in [3.8, 4) is 0 Å². The molecule has 0 bridgehead atoms. The largest absolute Gasteiger partial charge is 0.465 e. The van der Waals surface area contributed by atoms with Crippen LogP contribution in [0, 0.1) is 0 Å². The van der Waals surface area contributed by atoms with Crippen LogP contribution >= 0.6 is 11.6 Å². The molecule has 0 aliphatic heterocycles. The second-order valence-electron chi connectivity index (χ2n) is 5.20. The lowest BCUT2D eigenvalue weighted by Gasteiger charge is -2.21. The van der Waals surface area contributed by atoms with Crippen molar-refractivity contribution in [2.75, 3.05) is 23.9 Å². The van der Waals surface area contributed by atoms with E-state index < -0.39 is 5.97 Å². The minimum Gasteiger partial charge on any atom is -0.465 e. The van der Waals surface area contributed by atoms with Gasteiger partial charge in [-0.1, -0.05) is 11.6 Å². The van der Waals surface area contributed by atoms with E-state index >= 15 is 0 Å². The van der Waals surface area contributed by atoms with E-state index in [0.29, 0.717) is 22.0 Å². The quantitative estimate of drug-likeness (QED) is 0.831. The number of esters is 1. The molecule has 0 aromatic heterocycles. The number of nitrogens with one attached hydrogen (secondary N) is 1. The van der Waals surface area contributed by atoms with Crippen molar-refractivity contribution in [1.29, 1.82) is 0 Å². The van der Waals surface area contributed by atoms with E-state index in [0.717, 1.165) is 0 Å². The third kappa shape index (κ3) is 5.06. The van der Waals surface area contributed by atoms with Gasteiger partial charge in [0.05, 0.1) is 12.7 Å². The molecule has 0 aliphatic carbocycles. The first-order valence-corrected chi connectivity index (χ1v) is 7.80. The number of methoxy groups -OCH3 is 1. The summed E-state index contributed by atoms with van der Waals surface area (Å²) in [7, 11) is 1.29. The number of hydrogen-bond acceptors (Lipinski definition) is 4. The summed E-state index contributed by atoms with van der Waals surface area (Å²) < 4.78 is 4.63. The van der Waals surface area contributed by atoms with Crippen LogP contribution in [-0.2, 0) is 14.3 Å². The zero-order valence-electron chi connectivity index (χ0n) is 13.8. The van der Waals surface area contributed by atoms with Crippen LogP contribution in [0.1, 0.15) is 17.3 Å². The molecule has 0 heterocycles. The van der Waals surface area contributed by atoms with Crippen molar-refractivity contribution >= 4 is 40.8 Å². The SMILES string of the molecule is COC(=O)c1ccc(N(CC(=O)Nc2ccc(Cl)cc2)C(C)=O)cc1. The van der Waals surface area contributed by atoms with Crippen LogP contribution in [-0.4, -0.2) is 31.4 Å². The Labute approximate surface area is 150 Å². The number of hydrogen-bond donors (Lipinski definition) is 1. The van der Waals surface area contributed by atoms with Crippen molar-refractivity contribution in [2.45, 2.75) is 6.92 Å². The maximum Gasteiger partial charge on any atom is 0.337 e. The van der Waals surface area contributed by atoms with Gasteiger partial charge in [-0.05, 0) is 48.5 Å². The number of nitrogens with zero attached hydrogens (tertiary/aromatic N) is 1. The van der Waals surface area contributed by atoms with Crippen molar-refractivity contribution in [2.24, 2.45) is 0 Å². The van der Waals surface area contributed by atoms with Crippen LogP contribution in [0.4, 0.5) is 11.4 Å². The highest BCUT2D eigenvalue weighted by atomic mass is 35.5. The molecule has 130 valence electrons. The second kappa shape index (κ2) is 8.30. The normalized spacial score (nSPS) is 10.0. The lowest BCUT2D eigenvalue weighted by molar-refractivity contribution is -0.120. The van der Waals surface area contributed by atoms with Gasteiger partial charge in [0.1, 0.15) is 6.54 Å². The third-order valence-electron chi connectivity index (χ3n) is 3.41. The molecule has 2 amide bonds. The Kier molecular flexibility index (Phi) is 6.14. The Balaban J connectivity index is 2.09. The summed E-state index contributed by atoms with van der Waals surface area (Å²) in [5, 5.41) is 3.26. The highest BCUT2D eigenvalue weighted by molar-refractivity contribution is 6.30. The summed E-state index contributed by atoms with van der Waals surface area (Å²) in [4.78, 5) is 36.9. The highest BCUT2D eigenvalue weighted by Gasteiger charge is 2.16. The molecular weight excluding hydrogens is 344 g/mol. The van der Waals surface area contributed by atoms with Gasteiger partial charge in [-0.15, -0.1) is 0 Å². The number of halogens is 1. The molecule has 2 aromatic rings. The fourth-order valence-corrected chi connectivity index (χ4v) is 2.28. The Morgan fingerprint density at radius 2 is 1.64 bits per heavy atom. The first kappa shape index (κ1) is 18.5. The van der Waals surface area contributed by atoms with Crippen molar-refractivity contribution in [1.82, 2.24) is 0 Å². The van der Waals surface area contributed by atoms with Crippen LogP contribution in [0.25, 0.3) is 0 Å². The number of rotatable bonds is 5. The Morgan fingerprint density at radius 3 is 2.16 bits per heavy atom. The lowest BCUT2D eigenvalue weighted by Crippen LogP contribution is -2.36. The van der Waals surface area contributed by atoms with Gasteiger partial charge in [-0.25, -0.2) is 4.79 Å². The van der Waals surface area contributed by atoms with Gasteiger partial charge in [-0.2, -0.15) is 0 Å². The van der Waals surface area contributed by atoms with E-state index in [1.165, 1.54) is 31.1 Å². The molecule has 0 atom stereocenters. The first-order valence-electron chi connectivity index (χ1n) is 7.42. The van der Waals surface area contributed by atoms with E-state index in [-0.39, 0.29) is 18.4 Å². The molecule has 25 heavy (non-hydrogen) atoms. The van der Waals surface area contributed by atoms with Crippen LogP contribution < -0.4 is 10.2 Å². The van der Waals surface area contributed by atoms with Crippen LogP contribution in [0.3, 0.4) is 0 Å². The van der Waals surface area contributed by atoms with Crippen molar-refractivity contribution < 1.29 is 19.1 Å². The van der Waals surface area contributed by atoms with Gasteiger partial charge in [0.25, 0.3) is 0 Å². The standard InChI is InChI=1S/C18H17ClN2O4/c1-12(22)21(16-9-3-13(4-10-16)18(24)25-2)11-17(23)20-15-7-5-14(19)6-8-15/h3-10H,11H2,1-2H3,(H,20,23). The molecule has 0 saturated carbocycles. The fraction of sp³-hybridized carbons (Fsp3) is 0.167. The number of carbonyl (C=O) groups is 3. The Hall–Kier alpha value is -2.86. The van der Waals surface area contributed by atoms with Crippen LogP contribution in [0.5, 0.6) is 0 Å². The van der Waals surface area contributed by atoms with Gasteiger partial charge >= 0.3 is 5.97 Å². The Bertz CT molecular complexity index is 773. The summed E-state index contributed by atoms with van der Waals surface area (Å²) in [5.74, 6) is -1.12. The van der Waals surface area contributed by atoms with Crippen molar-refractivity contribution in [3.63, 3.8) is 0 Å². The maximum atomic E-state index is 12.2. The first-order chi connectivity index (χ1) is 11.9. The molecular formula is C18H17ClN2O4. The predicted molar refractivity (Wildman–Crippen MR) is 95.9 cm³/mol. The van der Waals surface area contributed by atoms with Crippen LogP contribution in [0.15, 0.2) is 48.5 Å². The minimum atomic E-state index is -0.471. The number of anilines is 2. The van der Waals surface area contributed by atoms with Gasteiger partial charge in [0, 0.05) is 23.3 Å². The smallest absolute Gasteiger partial charge is 0.337 e. The van der Waals surface area contributed by atoms with Gasteiger partial charge in [0.2, 0.25) is 11.8 Å². The number of ether oxygens (including phenoxy) is 1. The summed E-state index contributed by atoms with van der Waals surface area (Å²) in [6, 6.07) is 12.9. The van der Waals surface area contributed by atoms with E-state index in [1.807, 2.05) is 0 Å². The van der Waals surface area contributed by atoms with Crippen molar-refractivity contribution in [3.05, 3.63) is 59.1 Å². The van der Waals surface area contributed by atoms with Gasteiger partial charge < -0.3 is 15.0 Å². The molecule has 1 N–H and O–H groups in total.